The lowest BCUT2D eigenvalue weighted by molar-refractivity contribution is 0.102. The Morgan fingerprint density at radius 2 is 1.71 bits per heavy atom. The maximum atomic E-state index is 12.8. The van der Waals surface area contributed by atoms with E-state index in [1.54, 1.807) is 6.07 Å². The molecule has 0 atom stereocenters. The Labute approximate surface area is 137 Å². The number of H-pyrrole nitrogens is 1. The van der Waals surface area contributed by atoms with E-state index in [1.807, 2.05) is 48.5 Å². The molecule has 116 valence electrons. The second-order valence-electron chi connectivity index (χ2n) is 5.19. The second-order valence-corrected chi connectivity index (χ2v) is 5.19. The average Bonchev–Trinajstić information content (AvgIpc) is 3.12. The van der Waals surface area contributed by atoms with E-state index in [2.05, 4.69) is 25.3 Å². The molecule has 0 spiro atoms. The molecule has 2 aromatic heterocycles. The molecule has 4 aromatic rings. The van der Waals surface area contributed by atoms with Gasteiger partial charge in [0.1, 0.15) is 6.33 Å². The van der Waals surface area contributed by atoms with Crippen molar-refractivity contribution in [3.63, 3.8) is 0 Å². The minimum Gasteiger partial charge on any atom is -0.329 e. The fraction of sp³-hybridized carbons (Fsp3) is 0. The highest BCUT2D eigenvalue weighted by Crippen LogP contribution is 2.24. The molecule has 2 aromatic carbocycles. The van der Waals surface area contributed by atoms with E-state index in [4.69, 9.17) is 0 Å². The van der Waals surface area contributed by atoms with Gasteiger partial charge >= 0.3 is 0 Å². The molecule has 4 rings (SSSR count). The Balaban J connectivity index is 1.72. The summed E-state index contributed by atoms with van der Waals surface area (Å²) in [6, 6.07) is 17.3. The molecule has 6 heteroatoms. The molecule has 0 radical (unpaired) electrons. The van der Waals surface area contributed by atoms with E-state index in [0.29, 0.717) is 22.5 Å². The molecule has 24 heavy (non-hydrogen) atoms. The fourth-order valence-electron chi connectivity index (χ4n) is 2.58. The molecule has 0 unspecified atom stereocenters. The molecular formula is C18H13N5O. The largest absolute Gasteiger partial charge is 0.329 e. The molecule has 0 saturated heterocycles. The highest BCUT2D eigenvalue weighted by Gasteiger charge is 2.15. The van der Waals surface area contributed by atoms with Gasteiger partial charge in [-0.2, -0.15) is 0 Å². The summed E-state index contributed by atoms with van der Waals surface area (Å²) in [6.45, 7) is 0. The van der Waals surface area contributed by atoms with E-state index in [9.17, 15) is 4.79 Å². The summed E-state index contributed by atoms with van der Waals surface area (Å²) in [6.07, 6.45) is 2.91. The third-order valence-electron chi connectivity index (χ3n) is 3.71. The van der Waals surface area contributed by atoms with Crippen molar-refractivity contribution in [2.75, 3.05) is 5.32 Å². The summed E-state index contributed by atoms with van der Waals surface area (Å²) in [5.41, 5.74) is 3.53. The van der Waals surface area contributed by atoms with Crippen molar-refractivity contribution in [1.29, 1.82) is 0 Å². The number of imidazole rings is 1. The summed E-state index contributed by atoms with van der Waals surface area (Å²) in [5, 5.41) is 2.82. The fourth-order valence-corrected chi connectivity index (χ4v) is 2.58. The van der Waals surface area contributed by atoms with Crippen molar-refractivity contribution in [2.45, 2.75) is 0 Å². The molecule has 0 aliphatic rings. The van der Waals surface area contributed by atoms with Gasteiger partial charge in [-0.25, -0.2) is 15.0 Å². The van der Waals surface area contributed by atoms with Gasteiger partial charge in [0.15, 0.2) is 17.0 Å². The van der Waals surface area contributed by atoms with Crippen LogP contribution in [0.25, 0.3) is 22.3 Å². The first-order valence-electron chi connectivity index (χ1n) is 7.43. The standard InChI is InChI=1S/C18H13N5O/c24-18(23-17-15-16(20-10-19-15)21-11-22-17)14-9-5-4-8-13(14)12-6-2-1-3-7-12/h1-11H,(H2,19,20,21,22,23,24). The van der Waals surface area contributed by atoms with Crippen LogP contribution in [0, 0.1) is 0 Å². The monoisotopic (exact) mass is 315 g/mol. The lowest BCUT2D eigenvalue weighted by atomic mass is 9.99. The van der Waals surface area contributed by atoms with Crippen LogP contribution >= 0.6 is 0 Å². The van der Waals surface area contributed by atoms with Gasteiger partial charge in [-0.05, 0) is 17.2 Å². The van der Waals surface area contributed by atoms with Gasteiger partial charge in [0.25, 0.3) is 5.91 Å². The van der Waals surface area contributed by atoms with E-state index in [-0.39, 0.29) is 5.91 Å². The lowest BCUT2D eigenvalue weighted by Crippen LogP contribution is -2.14. The number of nitrogens with zero attached hydrogens (tertiary/aromatic N) is 3. The zero-order valence-corrected chi connectivity index (χ0v) is 12.6. The van der Waals surface area contributed by atoms with Crippen molar-refractivity contribution in [2.24, 2.45) is 0 Å². The van der Waals surface area contributed by atoms with E-state index >= 15 is 0 Å². The Kier molecular flexibility index (Phi) is 3.47. The number of carbonyl (C=O) groups excluding carboxylic acids is 1. The minimum absolute atomic E-state index is 0.238. The van der Waals surface area contributed by atoms with Crippen molar-refractivity contribution in [3.05, 3.63) is 72.8 Å². The van der Waals surface area contributed by atoms with E-state index in [1.165, 1.54) is 12.7 Å². The topological polar surface area (TPSA) is 83.6 Å². The van der Waals surface area contributed by atoms with Crippen LogP contribution in [0.15, 0.2) is 67.3 Å². The van der Waals surface area contributed by atoms with Crippen LogP contribution in [-0.4, -0.2) is 25.8 Å². The summed E-state index contributed by atoms with van der Waals surface area (Å²) >= 11 is 0. The van der Waals surface area contributed by atoms with Crippen molar-refractivity contribution in [3.8, 4) is 11.1 Å². The number of rotatable bonds is 3. The van der Waals surface area contributed by atoms with Crippen LogP contribution in [0.1, 0.15) is 10.4 Å². The van der Waals surface area contributed by atoms with E-state index < -0.39 is 0 Å². The molecule has 2 N–H and O–H groups in total. The number of benzene rings is 2. The van der Waals surface area contributed by atoms with Crippen molar-refractivity contribution < 1.29 is 4.79 Å². The molecule has 0 fully saturated rings. The quantitative estimate of drug-likeness (QED) is 0.608. The second kappa shape index (κ2) is 5.92. The molecule has 2 heterocycles. The van der Waals surface area contributed by atoms with Gasteiger partial charge in [0.2, 0.25) is 0 Å². The number of carbonyl (C=O) groups is 1. The zero-order chi connectivity index (χ0) is 16.4. The predicted octanol–water partition coefficient (Wildman–Crippen LogP) is 3.27. The molecule has 6 nitrogen and oxygen atoms in total. The summed E-state index contributed by atoms with van der Waals surface area (Å²) in [4.78, 5) is 28.0. The summed E-state index contributed by atoms with van der Waals surface area (Å²) in [5.74, 6) is 0.145. The van der Waals surface area contributed by atoms with Crippen LogP contribution in [0.4, 0.5) is 5.82 Å². The number of nitrogens with one attached hydrogen (secondary N) is 2. The number of aromatic nitrogens is 4. The molecule has 0 saturated carbocycles. The Hall–Kier alpha value is -3.54. The van der Waals surface area contributed by atoms with Gasteiger partial charge in [0.05, 0.1) is 6.33 Å². The lowest BCUT2D eigenvalue weighted by Gasteiger charge is -2.10. The summed E-state index contributed by atoms with van der Waals surface area (Å²) < 4.78 is 0. The first-order chi connectivity index (χ1) is 11.8. The number of anilines is 1. The third kappa shape index (κ3) is 2.50. The van der Waals surface area contributed by atoms with Gasteiger partial charge in [0, 0.05) is 5.56 Å². The number of hydrogen-bond acceptors (Lipinski definition) is 4. The van der Waals surface area contributed by atoms with Gasteiger partial charge in [-0.15, -0.1) is 0 Å². The van der Waals surface area contributed by atoms with Gasteiger partial charge in [-0.3, -0.25) is 4.79 Å². The first-order valence-corrected chi connectivity index (χ1v) is 7.43. The molecule has 1 amide bonds. The van der Waals surface area contributed by atoms with Crippen molar-refractivity contribution in [1.82, 2.24) is 19.9 Å². The number of aromatic amines is 1. The molecule has 0 bridgehead atoms. The van der Waals surface area contributed by atoms with Crippen LogP contribution in [0.3, 0.4) is 0 Å². The highest BCUT2D eigenvalue weighted by molar-refractivity contribution is 6.10. The molecular weight excluding hydrogens is 302 g/mol. The van der Waals surface area contributed by atoms with Gasteiger partial charge < -0.3 is 10.3 Å². The number of amides is 1. The SMILES string of the molecule is O=C(Nc1ncnc2[nH]cnc12)c1ccccc1-c1ccccc1. The van der Waals surface area contributed by atoms with Crippen molar-refractivity contribution >= 4 is 22.9 Å². The molecule has 0 aliphatic heterocycles. The summed E-state index contributed by atoms with van der Waals surface area (Å²) in [7, 11) is 0. The van der Waals surface area contributed by atoms with Crippen LogP contribution < -0.4 is 5.32 Å². The van der Waals surface area contributed by atoms with Crippen LogP contribution in [-0.2, 0) is 0 Å². The first kappa shape index (κ1) is 14.1. The Bertz CT molecular complexity index is 1010. The number of hydrogen-bond donors (Lipinski definition) is 2. The van der Waals surface area contributed by atoms with E-state index in [0.717, 1.165) is 11.1 Å². The minimum atomic E-state index is -0.238. The Morgan fingerprint density at radius 3 is 2.58 bits per heavy atom. The number of fused-ring (bicyclic) bond motifs is 1. The third-order valence-corrected chi connectivity index (χ3v) is 3.71. The maximum absolute atomic E-state index is 12.8. The van der Waals surface area contributed by atoms with Crippen LogP contribution in [0.2, 0.25) is 0 Å². The van der Waals surface area contributed by atoms with Gasteiger partial charge in [-0.1, -0.05) is 48.5 Å². The molecule has 0 aliphatic carbocycles. The predicted molar refractivity (Wildman–Crippen MR) is 91.5 cm³/mol. The Morgan fingerprint density at radius 1 is 0.917 bits per heavy atom. The normalized spacial score (nSPS) is 10.7. The van der Waals surface area contributed by atoms with Crippen LogP contribution in [0.5, 0.6) is 0 Å². The average molecular weight is 315 g/mol. The smallest absolute Gasteiger partial charge is 0.257 e. The highest BCUT2D eigenvalue weighted by atomic mass is 16.1. The maximum Gasteiger partial charge on any atom is 0.257 e. The zero-order valence-electron chi connectivity index (χ0n) is 12.6.